The molecule has 0 N–H and O–H groups in total. The Hall–Kier alpha value is -6.70. The van der Waals surface area contributed by atoms with Gasteiger partial charge in [0.1, 0.15) is 11.5 Å². The van der Waals surface area contributed by atoms with Crippen molar-refractivity contribution in [1.82, 2.24) is 0 Å². The SMILES string of the molecule is c1ccc(-c2ccc3c4c(cccc24)-c2cc(-c4ccc(-c5c6ccccc6cc6ccc7ccccc7c56)c5ccccc45)ccc2O3)cc1. The quantitative estimate of drug-likeness (QED) is 0.137. The van der Waals surface area contributed by atoms with Crippen LogP contribution in [0, 0.1) is 0 Å². The summed E-state index contributed by atoms with van der Waals surface area (Å²) in [4.78, 5) is 0. The maximum absolute atomic E-state index is 6.61. The van der Waals surface area contributed by atoms with E-state index >= 15 is 0 Å². The van der Waals surface area contributed by atoms with Crippen molar-refractivity contribution >= 4 is 53.9 Å². The van der Waals surface area contributed by atoms with Gasteiger partial charge in [-0.1, -0.05) is 158 Å². The Morgan fingerprint density at radius 2 is 0.902 bits per heavy atom. The van der Waals surface area contributed by atoms with Crippen LogP contribution in [0.5, 0.6) is 11.5 Å². The Morgan fingerprint density at radius 3 is 1.76 bits per heavy atom. The zero-order chi connectivity index (χ0) is 33.5. The lowest BCUT2D eigenvalue weighted by Gasteiger charge is -2.23. The molecule has 1 heterocycles. The van der Waals surface area contributed by atoms with Crippen LogP contribution in [0.2, 0.25) is 0 Å². The number of benzene rings is 10. The first kappa shape index (κ1) is 28.2. The van der Waals surface area contributed by atoms with Gasteiger partial charge >= 0.3 is 0 Å². The van der Waals surface area contributed by atoms with Gasteiger partial charge in [-0.15, -0.1) is 0 Å². The minimum atomic E-state index is 0.890. The van der Waals surface area contributed by atoms with Gasteiger partial charge in [0.25, 0.3) is 0 Å². The highest BCUT2D eigenvalue weighted by atomic mass is 16.5. The average molecular weight is 647 g/mol. The lowest BCUT2D eigenvalue weighted by Crippen LogP contribution is -1.98. The molecular weight excluding hydrogens is 617 g/mol. The Labute approximate surface area is 295 Å². The Bertz CT molecular complexity index is 3040. The van der Waals surface area contributed by atoms with E-state index in [0.29, 0.717) is 0 Å². The van der Waals surface area contributed by atoms with Crippen molar-refractivity contribution in [3.63, 3.8) is 0 Å². The molecule has 0 aliphatic carbocycles. The fourth-order valence-electron chi connectivity index (χ4n) is 8.56. The van der Waals surface area contributed by atoms with E-state index in [1.807, 2.05) is 0 Å². The summed E-state index contributed by atoms with van der Waals surface area (Å²) in [5, 5.41) is 12.5. The molecule has 0 radical (unpaired) electrons. The highest BCUT2D eigenvalue weighted by Gasteiger charge is 2.23. The highest BCUT2D eigenvalue weighted by molar-refractivity contribution is 6.25. The maximum Gasteiger partial charge on any atom is 0.135 e. The molecule has 11 rings (SSSR count). The predicted octanol–water partition coefficient (Wildman–Crippen LogP) is 14.2. The molecule has 1 aliphatic heterocycles. The molecule has 0 amide bonds. The lowest BCUT2D eigenvalue weighted by atomic mass is 9.85. The van der Waals surface area contributed by atoms with Crippen LogP contribution in [0.3, 0.4) is 0 Å². The van der Waals surface area contributed by atoms with Crippen LogP contribution in [0.4, 0.5) is 0 Å². The fourth-order valence-corrected chi connectivity index (χ4v) is 8.56. The molecule has 10 aromatic carbocycles. The third-order valence-electron chi connectivity index (χ3n) is 10.8. The second-order valence-corrected chi connectivity index (χ2v) is 13.6. The Balaban J connectivity index is 1.14. The second-order valence-electron chi connectivity index (χ2n) is 13.6. The molecule has 10 aromatic rings. The van der Waals surface area contributed by atoms with Gasteiger partial charge in [-0.2, -0.15) is 0 Å². The molecule has 51 heavy (non-hydrogen) atoms. The summed E-state index contributed by atoms with van der Waals surface area (Å²) >= 11 is 0. The van der Waals surface area contributed by atoms with Gasteiger partial charge in [0.05, 0.1) is 0 Å². The van der Waals surface area contributed by atoms with E-state index in [1.165, 1.54) is 92.8 Å². The molecule has 0 saturated carbocycles. The Kier molecular flexibility index (Phi) is 6.02. The fraction of sp³-hybridized carbons (Fsp3) is 0. The molecule has 236 valence electrons. The van der Waals surface area contributed by atoms with Crippen molar-refractivity contribution in [1.29, 1.82) is 0 Å². The van der Waals surface area contributed by atoms with Crippen LogP contribution in [-0.4, -0.2) is 0 Å². The maximum atomic E-state index is 6.61. The van der Waals surface area contributed by atoms with Crippen LogP contribution in [0.25, 0.3) is 98.4 Å². The van der Waals surface area contributed by atoms with Crippen LogP contribution in [-0.2, 0) is 0 Å². The molecule has 0 bridgehead atoms. The normalized spacial score (nSPS) is 12.1. The van der Waals surface area contributed by atoms with Gasteiger partial charge in [0.2, 0.25) is 0 Å². The van der Waals surface area contributed by atoms with Crippen molar-refractivity contribution < 1.29 is 4.74 Å². The van der Waals surface area contributed by atoms with Crippen molar-refractivity contribution in [2.75, 3.05) is 0 Å². The molecular formula is C50H30O. The molecule has 0 unspecified atom stereocenters. The van der Waals surface area contributed by atoms with Gasteiger partial charge in [-0.05, 0) is 112 Å². The summed E-state index contributed by atoms with van der Waals surface area (Å²) in [5.74, 6) is 1.80. The van der Waals surface area contributed by atoms with E-state index in [0.717, 1.165) is 17.1 Å². The number of hydrogen-bond acceptors (Lipinski definition) is 1. The van der Waals surface area contributed by atoms with E-state index in [9.17, 15) is 0 Å². The van der Waals surface area contributed by atoms with Crippen molar-refractivity contribution in [2.24, 2.45) is 0 Å². The minimum Gasteiger partial charge on any atom is -0.456 e. The van der Waals surface area contributed by atoms with Crippen LogP contribution in [0.1, 0.15) is 0 Å². The number of ether oxygens (including phenoxy) is 1. The number of hydrogen-bond donors (Lipinski definition) is 0. The van der Waals surface area contributed by atoms with Crippen molar-refractivity contribution in [3.05, 3.63) is 182 Å². The zero-order valence-electron chi connectivity index (χ0n) is 27.7. The first-order valence-electron chi connectivity index (χ1n) is 17.6. The van der Waals surface area contributed by atoms with Gasteiger partial charge in [-0.3, -0.25) is 0 Å². The molecule has 0 saturated heterocycles. The van der Waals surface area contributed by atoms with E-state index in [1.54, 1.807) is 0 Å². The molecule has 1 nitrogen and oxygen atoms in total. The lowest BCUT2D eigenvalue weighted by molar-refractivity contribution is 0.487. The van der Waals surface area contributed by atoms with Gasteiger partial charge < -0.3 is 4.74 Å². The smallest absolute Gasteiger partial charge is 0.135 e. The summed E-state index contributed by atoms with van der Waals surface area (Å²) < 4.78 is 6.61. The summed E-state index contributed by atoms with van der Waals surface area (Å²) in [6.45, 7) is 0. The highest BCUT2D eigenvalue weighted by Crippen LogP contribution is 2.50. The largest absolute Gasteiger partial charge is 0.456 e. The molecule has 0 aromatic heterocycles. The summed E-state index contributed by atoms with van der Waals surface area (Å²) in [7, 11) is 0. The zero-order valence-corrected chi connectivity index (χ0v) is 27.7. The number of fused-ring (bicyclic) bond motifs is 7. The summed E-state index contributed by atoms with van der Waals surface area (Å²) in [6, 6.07) is 66.3. The predicted molar refractivity (Wildman–Crippen MR) is 216 cm³/mol. The summed E-state index contributed by atoms with van der Waals surface area (Å²) in [5.41, 5.74) is 9.68. The first-order valence-corrected chi connectivity index (χ1v) is 17.6. The van der Waals surface area contributed by atoms with Crippen LogP contribution in [0.15, 0.2) is 182 Å². The standard InChI is InChI=1S/C50H30O/c1-2-11-31(12-3-1)36-26-28-47-49-42(36)19-10-20-43(49)45-30-34(23-27-46(45)51-47)37-24-25-44(41-18-9-8-17-40(37)41)50-39-16-7-5-14-33(39)29-35-22-21-32-13-4-6-15-38(32)48(35)50/h1-30H. The Morgan fingerprint density at radius 1 is 0.275 bits per heavy atom. The monoisotopic (exact) mass is 646 g/mol. The minimum absolute atomic E-state index is 0.890. The molecule has 0 fully saturated rings. The number of rotatable bonds is 3. The average Bonchev–Trinajstić information content (AvgIpc) is 3.20. The summed E-state index contributed by atoms with van der Waals surface area (Å²) in [6.07, 6.45) is 0. The van der Waals surface area contributed by atoms with E-state index < -0.39 is 0 Å². The first-order chi connectivity index (χ1) is 25.3. The topological polar surface area (TPSA) is 9.23 Å². The van der Waals surface area contributed by atoms with Crippen LogP contribution >= 0.6 is 0 Å². The molecule has 0 atom stereocenters. The van der Waals surface area contributed by atoms with Gasteiger partial charge in [0, 0.05) is 10.9 Å². The van der Waals surface area contributed by atoms with E-state index in [-0.39, 0.29) is 0 Å². The van der Waals surface area contributed by atoms with Crippen LogP contribution < -0.4 is 4.74 Å². The van der Waals surface area contributed by atoms with E-state index in [4.69, 9.17) is 4.74 Å². The molecule has 1 aliphatic rings. The van der Waals surface area contributed by atoms with Crippen molar-refractivity contribution in [3.8, 4) is 56.0 Å². The second kappa shape index (κ2) is 10.9. The van der Waals surface area contributed by atoms with E-state index in [2.05, 4.69) is 182 Å². The van der Waals surface area contributed by atoms with Gasteiger partial charge in [0.15, 0.2) is 0 Å². The molecule has 0 spiro atoms. The third-order valence-corrected chi connectivity index (χ3v) is 10.8. The van der Waals surface area contributed by atoms with Gasteiger partial charge in [-0.25, -0.2) is 0 Å². The van der Waals surface area contributed by atoms with Crippen molar-refractivity contribution in [2.45, 2.75) is 0 Å². The molecule has 1 heteroatoms. The third kappa shape index (κ3) is 4.22.